The summed E-state index contributed by atoms with van der Waals surface area (Å²) in [6.45, 7) is 6.71. The van der Waals surface area contributed by atoms with E-state index in [1.165, 1.54) is 12.1 Å². The Morgan fingerprint density at radius 1 is 1.16 bits per heavy atom. The number of amides is 1. The normalized spacial score (nSPS) is 16.0. The molecule has 0 radical (unpaired) electrons. The van der Waals surface area contributed by atoms with E-state index >= 15 is 0 Å². The fourth-order valence-electron chi connectivity index (χ4n) is 3.62. The van der Waals surface area contributed by atoms with Crippen molar-refractivity contribution >= 4 is 23.3 Å². The first kappa shape index (κ1) is 23.0. The van der Waals surface area contributed by atoms with Crippen LogP contribution in [0.4, 0.5) is 11.4 Å². The molecule has 0 spiro atoms. The van der Waals surface area contributed by atoms with Crippen LogP contribution in [-0.4, -0.2) is 39.4 Å². The van der Waals surface area contributed by atoms with Crippen LogP contribution in [0.5, 0.6) is 0 Å². The molecule has 2 aromatic carbocycles. The summed E-state index contributed by atoms with van der Waals surface area (Å²) in [5, 5.41) is 21.0. The zero-order valence-corrected chi connectivity index (χ0v) is 18.4. The summed E-state index contributed by atoms with van der Waals surface area (Å²) in [7, 11) is 0. The van der Waals surface area contributed by atoms with Crippen molar-refractivity contribution in [2.75, 3.05) is 11.4 Å². The molecule has 0 saturated carbocycles. The van der Waals surface area contributed by atoms with Crippen LogP contribution >= 0.6 is 0 Å². The number of aromatic carboxylic acids is 1. The van der Waals surface area contributed by atoms with Crippen molar-refractivity contribution in [3.05, 3.63) is 81.7 Å². The molecule has 0 aliphatic carbocycles. The van der Waals surface area contributed by atoms with Crippen LogP contribution in [0.1, 0.15) is 41.8 Å². The second-order valence-corrected chi connectivity index (χ2v) is 8.39. The van der Waals surface area contributed by atoms with E-state index in [9.17, 15) is 24.8 Å². The maximum Gasteiger partial charge on any atom is 0.335 e. The molecule has 0 fully saturated rings. The van der Waals surface area contributed by atoms with Gasteiger partial charge < -0.3 is 14.9 Å². The summed E-state index contributed by atoms with van der Waals surface area (Å²) in [5.74, 6) is -0.972. The Labute approximate surface area is 186 Å². The zero-order valence-electron chi connectivity index (χ0n) is 18.4. The molecule has 0 bridgehead atoms. The number of rotatable bonds is 8. The molecule has 0 unspecified atom stereocenters. The van der Waals surface area contributed by atoms with E-state index in [0.717, 1.165) is 23.6 Å². The Morgan fingerprint density at radius 2 is 1.84 bits per heavy atom. The quantitative estimate of drug-likeness (QED) is 0.486. The van der Waals surface area contributed by atoms with Crippen molar-refractivity contribution in [2.45, 2.75) is 39.7 Å². The monoisotopic (exact) mass is 437 g/mol. The number of carboxylic acids is 1. The van der Waals surface area contributed by atoms with Gasteiger partial charge in [-0.05, 0) is 37.0 Å². The number of carboxylic acid groups (broad SMARTS) is 1. The third kappa shape index (κ3) is 5.14. The van der Waals surface area contributed by atoms with E-state index in [2.05, 4.69) is 13.8 Å². The molecule has 1 amide bonds. The molecule has 0 aromatic heterocycles. The van der Waals surface area contributed by atoms with Gasteiger partial charge in [0.15, 0.2) is 0 Å². The van der Waals surface area contributed by atoms with E-state index in [1.54, 1.807) is 22.2 Å². The number of nitro benzene ring substituents is 1. The lowest BCUT2D eigenvalue weighted by atomic mass is 9.99. The molecule has 2 aromatic rings. The smallest absolute Gasteiger partial charge is 0.335 e. The van der Waals surface area contributed by atoms with Gasteiger partial charge in [-0.15, -0.1) is 0 Å². The number of anilines is 1. The largest absolute Gasteiger partial charge is 0.478 e. The van der Waals surface area contributed by atoms with Gasteiger partial charge in [-0.25, -0.2) is 4.79 Å². The molecular formula is C24H27N3O5. The van der Waals surface area contributed by atoms with Gasteiger partial charge in [-0.3, -0.25) is 14.9 Å². The zero-order chi connectivity index (χ0) is 23.4. The molecule has 0 saturated heterocycles. The van der Waals surface area contributed by atoms with Crippen molar-refractivity contribution in [1.29, 1.82) is 0 Å². The first-order chi connectivity index (χ1) is 15.2. The number of benzene rings is 2. The highest BCUT2D eigenvalue weighted by Gasteiger charge is 2.35. The maximum absolute atomic E-state index is 13.4. The second kappa shape index (κ2) is 9.64. The fraction of sp³-hybridized carbons (Fsp3) is 0.333. The number of carbonyl (C=O) groups is 2. The van der Waals surface area contributed by atoms with Crippen LogP contribution in [0.25, 0.3) is 0 Å². The summed E-state index contributed by atoms with van der Waals surface area (Å²) in [6.07, 6.45) is 4.51. The van der Waals surface area contributed by atoms with Crippen LogP contribution in [0.15, 0.2) is 54.9 Å². The van der Waals surface area contributed by atoms with Crippen LogP contribution in [0.3, 0.4) is 0 Å². The van der Waals surface area contributed by atoms with Gasteiger partial charge >= 0.3 is 5.97 Å². The predicted octanol–water partition coefficient (Wildman–Crippen LogP) is 4.38. The minimum atomic E-state index is -1.25. The highest BCUT2D eigenvalue weighted by atomic mass is 16.6. The first-order valence-electron chi connectivity index (χ1n) is 10.5. The number of hydrogen-bond acceptors (Lipinski definition) is 5. The van der Waals surface area contributed by atoms with Gasteiger partial charge in [-0.2, -0.15) is 0 Å². The van der Waals surface area contributed by atoms with Gasteiger partial charge in [-0.1, -0.05) is 43.7 Å². The van der Waals surface area contributed by atoms with Gasteiger partial charge in [0, 0.05) is 31.4 Å². The molecule has 1 aliphatic rings. The fourth-order valence-corrected chi connectivity index (χ4v) is 3.62. The van der Waals surface area contributed by atoms with Crippen LogP contribution < -0.4 is 4.90 Å². The molecular weight excluding hydrogens is 410 g/mol. The van der Waals surface area contributed by atoms with Crippen LogP contribution in [0, 0.1) is 23.0 Å². The van der Waals surface area contributed by atoms with Crippen molar-refractivity contribution < 1.29 is 19.6 Å². The Balaban J connectivity index is 2.03. The van der Waals surface area contributed by atoms with Gasteiger partial charge in [0.1, 0.15) is 11.7 Å². The Hall–Kier alpha value is -3.68. The number of nitro groups is 1. The van der Waals surface area contributed by atoms with Crippen molar-refractivity contribution in [3.8, 4) is 0 Å². The number of aryl methyl sites for hydroxylation is 1. The molecule has 32 heavy (non-hydrogen) atoms. The average Bonchev–Trinajstić information content (AvgIpc) is 2.75. The Morgan fingerprint density at radius 3 is 2.44 bits per heavy atom. The lowest BCUT2D eigenvalue weighted by molar-refractivity contribution is -0.384. The SMILES string of the molecule is Cc1ccc(C[C@H]2C(=O)N(CCC(C)C)C=CN2c2ccc(C(=O)O)cc2[N+](=O)[O-])cc1. The lowest BCUT2D eigenvalue weighted by Gasteiger charge is -2.37. The molecule has 1 N–H and O–H groups in total. The summed E-state index contributed by atoms with van der Waals surface area (Å²) in [5.41, 5.74) is 1.68. The second-order valence-electron chi connectivity index (χ2n) is 8.39. The summed E-state index contributed by atoms with van der Waals surface area (Å²) < 4.78 is 0. The first-order valence-corrected chi connectivity index (χ1v) is 10.5. The van der Waals surface area contributed by atoms with Crippen LogP contribution in [0.2, 0.25) is 0 Å². The molecule has 8 nitrogen and oxygen atoms in total. The van der Waals surface area contributed by atoms with Gasteiger partial charge in [0.05, 0.1) is 10.5 Å². The van der Waals surface area contributed by atoms with Gasteiger partial charge in [0.25, 0.3) is 5.69 Å². The van der Waals surface area contributed by atoms with Crippen LogP contribution in [-0.2, 0) is 11.2 Å². The summed E-state index contributed by atoms with van der Waals surface area (Å²) >= 11 is 0. The molecule has 3 rings (SSSR count). The van der Waals surface area contributed by atoms with E-state index in [4.69, 9.17) is 0 Å². The Kier molecular flexibility index (Phi) is 6.92. The minimum Gasteiger partial charge on any atom is -0.478 e. The molecule has 1 atom stereocenters. The molecule has 8 heteroatoms. The predicted molar refractivity (Wildman–Crippen MR) is 122 cm³/mol. The molecule has 1 heterocycles. The van der Waals surface area contributed by atoms with Gasteiger partial charge in [0.2, 0.25) is 5.91 Å². The average molecular weight is 437 g/mol. The lowest BCUT2D eigenvalue weighted by Crippen LogP contribution is -2.50. The standard InChI is InChI=1S/C24H27N3O5/c1-16(2)10-11-25-12-13-26(20-9-8-19(24(29)30)15-21(20)27(31)32)22(23(25)28)14-18-6-4-17(3)5-7-18/h4-9,12-13,15-16,22H,10-11,14H2,1-3H3,(H,29,30)/t22-/m0/s1. The number of nitrogens with zero attached hydrogens (tertiary/aromatic N) is 3. The summed E-state index contributed by atoms with van der Waals surface area (Å²) in [6, 6.07) is 10.9. The van der Waals surface area contributed by atoms with Crippen molar-refractivity contribution in [1.82, 2.24) is 4.90 Å². The van der Waals surface area contributed by atoms with E-state index in [-0.39, 0.29) is 22.8 Å². The third-order valence-corrected chi connectivity index (χ3v) is 5.51. The van der Waals surface area contributed by atoms with E-state index in [0.29, 0.717) is 18.9 Å². The van der Waals surface area contributed by atoms with Crippen molar-refractivity contribution in [2.24, 2.45) is 5.92 Å². The highest BCUT2D eigenvalue weighted by molar-refractivity contribution is 5.92. The minimum absolute atomic E-state index is 0.148. The van der Waals surface area contributed by atoms with E-state index in [1.807, 2.05) is 31.2 Å². The number of hydrogen-bond donors (Lipinski definition) is 1. The Bertz CT molecular complexity index is 1050. The van der Waals surface area contributed by atoms with E-state index < -0.39 is 16.9 Å². The van der Waals surface area contributed by atoms with Crippen molar-refractivity contribution in [3.63, 3.8) is 0 Å². The molecule has 1 aliphatic heterocycles. The number of carbonyl (C=O) groups excluding carboxylic acids is 1. The maximum atomic E-state index is 13.4. The highest BCUT2D eigenvalue weighted by Crippen LogP contribution is 2.34. The summed E-state index contributed by atoms with van der Waals surface area (Å²) in [4.78, 5) is 39.1. The third-order valence-electron chi connectivity index (χ3n) is 5.51. The topological polar surface area (TPSA) is 104 Å². The molecule has 168 valence electrons.